The van der Waals surface area contributed by atoms with Crippen molar-refractivity contribution in [1.82, 2.24) is 19.9 Å². The Morgan fingerprint density at radius 3 is 2.36 bits per heavy atom. The van der Waals surface area contributed by atoms with Crippen molar-refractivity contribution in [3.63, 3.8) is 0 Å². The molecule has 6 nitrogen and oxygen atoms in total. The van der Waals surface area contributed by atoms with Crippen LogP contribution < -0.4 is 10.5 Å². The molecular weight excluding hydrogens is 521 g/mol. The van der Waals surface area contributed by atoms with Gasteiger partial charge in [0.25, 0.3) is 0 Å². The Bertz CT molecular complexity index is 1600. The van der Waals surface area contributed by atoms with Gasteiger partial charge in [-0.25, -0.2) is 9.97 Å². The molecule has 0 unspecified atom stereocenters. The van der Waals surface area contributed by atoms with Gasteiger partial charge in [-0.1, -0.05) is 43.5 Å². The van der Waals surface area contributed by atoms with Gasteiger partial charge in [-0.3, -0.25) is 15.1 Å². The van der Waals surface area contributed by atoms with Crippen LogP contribution >= 0.6 is 11.9 Å². The second kappa shape index (κ2) is 12.4. The Kier molecular flexibility index (Phi) is 8.73. The molecule has 0 aliphatic carbocycles. The van der Waals surface area contributed by atoms with Crippen molar-refractivity contribution >= 4 is 28.7 Å². The number of rotatable bonds is 6. The Morgan fingerprint density at radius 1 is 0.923 bits per heavy atom. The first kappa shape index (κ1) is 27.5. The Labute approximate surface area is 227 Å². The summed E-state index contributed by atoms with van der Waals surface area (Å²) in [6.07, 6.45) is 0.603. The summed E-state index contributed by atoms with van der Waals surface area (Å²) in [5.41, 5.74) is 5.00. The van der Waals surface area contributed by atoms with Crippen LogP contribution in [0, 0.1) is 0 Å². The molecule has 5 aromatic rings. The van der Waals surface area contributed by atoms with Crippen molar-refractivity contribution in [2.75, 3.05) is 5.32 Å². The average molecular weight is 545 g/mol. The number of nitrogens with two attached hydrogens (primary N) is 1. The quantitative estimate of drug-likeness (QED) is 0.171. The van der Waals surface area contributed by atoms with Crippen molar-refractivity contribution in [3.05, 3.63) is 115 Å². The molecule has 39 heavy (non-hydrogen) atoms. The van der Waals surface area contributed by atoms with Gasteiger partial charge in [0.05, 0.1) is 28.7 Å². The zero-order chi connectivity index (χ0) is 27.8. The lowest BCUT2D eigenvalue weighted by Gasteiger charge is -2.15. The third-order valence-electron chi connectivity index (χ3n) is 5.52. The Morgan fingerprint density at radius 2 is 1.69 bits per heavy atom. The van der Waals surface area contributed by atoms with Gasteiger partial charge in [0.2, 0.25) is 0 Å². The summed E-state index contributed by atoms with van der Waals surface area (Å²) in [5, 5.41) is 9.73. The summed E-state index contributed by atoms with van der Waals surface area (Å²) in [6, 6.07) is 18.0. The highest BCUT2D eigenvalue weighted by atomic mass is 32.2. The van der Waals surface area contributed by atoms with E-state index in [4.69, 9.17) is 15.1 Å². The number of aromatic nitrogens is 4. The van der Waals surface area contributed by atoms with Gasteiger partial charge >= 0.3 is 6.18 Å². The average Bonchev–Trinajstić information content (AvgIpc) is 2.96. The first-order valence-electron chi connectivity index (χ1n) is 11.6. The maximum Gasteiger partial charge on any atom is 0.416 e. The van der Waals surface area contributed by atoms with E-state index in [0.717, 1.165) is 34.7 Å². The van der Waals surface area contributed by atoms with Crippen molar-refractivity contribution in [2.24, 2.45) is 5.14 Å². The summed E-state index contributed by atoms with van der Waals surface area (Å²) < 4.78 is 39.3. The van der Waals surface area contributed by atoms with Crippen LogP contribution in [0.3, 0.4) is 0 Å². The molecule has 3 N–H and O–H groups in total. The lowest BCUT2D eigenvalue weighted by Crippen LogP contribution is -2.06. The molecule has 0 bridgehead atoms. The number of benzene rings is 2. The first-order chi connectivity index (χ1) is 18.8. The van der Waals surface area contributed by atoms with Crippen molar-refractivity contribution < 1.29 is 13.2 Å². The predicted octanol–water partition coefficient (Wildman–Crippen LogP) is 7.31. The second-order valence-electron chi connectivity index (χ2n) is 8.12. The van der Waals surface area contributed by atoms with Crippen LogP contribution in [0.15, 0.2) is 109 Å². The fourth-order valence-electron chi connectivity index (χ4n) is 3.80. The maximum atomic E-state index is 13.1. The Balaban J connectivity index is 0.00000112. The number of halogens is 3. The van der Waals surface area contributed by atoms with Gasteiger partial charge in [-0.05, 0) is 59.5 Å². The van der Waals surface area contributed by atoms with E-state index in [1.54, 1.807) is 18.6 Å². The lowest BCUT2D eigenvalue weighted by atomic mass is 9.99. The fourth-order valence-corrected chi connectivity index (χ4v) is 4.12. The zero-order valence-electron chi connectivity index (χ0n) is 20.6. The number of fused-ring (bicyclic) bond motifs is 1. The molecule has 0 aliphatic rings. The van der Waals surface area contributed by atoms with Crippen LogP contribution in [0.2, 0.25) is 0 Å². The summed E-state index contributed by atoms with van der Waals surface area (Å²) in [4.78, 5) is 18.9. The third kappa shape index (κ3) is 6.69. The van der Waals surface area contributed by atoms with E-state index in [1.807, 2.05) is 42.5 Å². The standard InChI is InChI=1S/C26H19F3N6S.C3H4/c27-26(28,29)18-9-7-16(8-10-18)21-5-3-6-22-23(21)25(33-14-19-4-1-2-11-32-19)35-24(34-22)17-12-20(36-30)15-31-13-17;1-3-2/h1-13,15H,14,30H2,(H,33,34,35);1-2H2. The smallest absolute Gasteiger partial charge is 0.364 e. The van der Waals surface area contributed by atoms with E-state index in [9.17, 15) is 13.2 Å². The maximum absolute atomic E-state index is 13.1. The molecule has 0 spiro atoms. The molecule has 0 radical (unpaired) electrons. The van der Waals surface area contributed by atoms with Gasteiger partial charge < -0.3 is 5.32 Å². The number of hydrogen-bond acceptors (Lipinski definition) is 7. The van der Waals surface area contributed by atoms with Crippen LogP contribution in [0.25, 0.3) is 33.4 Å². The molecule has 196 valence electrons. The predicted molar refractivity (Wildman–Crippen MR) is 150 cm³/mol. The topological polar surface area (TPSA) is 89.6 Å². The van der Waals surface area contributed by atoms with E-state index < -0.39 is 11.7 Å². The highest BCUT2D eigenvalue weighted by molar-refractivity contribution is 7.97. The Hall–Kier alpha value is -4.50. The highest BCUT2D eigenvalue weighted by Crippen LogP contribution is 2.36. The molecule has 3 heterocycles. The number of hydrogen-bond donors (Lipinski definition) is 2. The van der Waals surface area contributed by atoms with Crippen molar-refractivity contribution in [3.8, 4) is 22.5 Å². The summed E-state index contributed by atoms with van der Waals surface area (Å²) in [7, 11) is 0. The molecule has 10 heteroatoms. The van der Waals surface area contributed by atoms with Crippen LogP contribution in [0.5, 0.6) is 0 Å². The molecule has 0 amide bonds. The van der Waals surface area contributed by atoms with Crippen LogP contribution in [-0.4, -0.2) is 19.9 Å². The van der Waals surface area contributed by atoms with E-state index in [1.165, 1.54) is 12.1 Å². The molecule has 5 rings (SSSR count). The minimum Gasteiger partial charge on any atom is -0.364 e. The summed E-state index contributed by atoms with van der Waals surface area (Å²) >= 11 is 1.07. The minimum atomic E-state index is -4.41. The molecule has 0 aliphatic heterocycles. The molecule has 0 fully saturated rings. The van der Waals surface area contributed by atoms with Crippen LogP contribution in [0.1, 0.15) is 11.3 Å². The summed E-state index contributed by atoms with van der Waals surface area (Å²) in [6.45, 7) is 6.64. The largest absolute Gasteiger partial charge is 0.416 e. The number of alkyl halides is 3. The second-order valence-corrected chi connectivity index (χ2v) is 8.83. The zero-order valence-corrected chi connectivity index (χ0v) is 21.4. The molecule has 3 aromatic heterocycles. The molecular formula is C29H23F3N6S. The van der Waals surface area contributed by atoms with Gasteiger partial charge in [-0.2, -0.15) is 13.2 Å². The number of nitrogens with one attached hydrogen (secondary N) is 1. The van der Waals surface area contributed by atoms with E-state index >= 15 is 0 Å². The first-order valence-corrected chi connectivity index (χ1v) is 12.5. The van der Waals surface area contributed by atoms with E-state index in [-0.39, 0.29) is 0 Å². The molecule has 0 atom stereocenters. The SMILES string of the molecule is C=C=C.NSc1cncc(-c2nc(NCc3ccccn3)c3c(-c4ccc(C(F)(F)F)cc4)cccc3n2)c1. The molecule has 0 saturated carbocycles. The van der Waals surface area contributed by atoms with Crippen LogP contribution in [-0.2, 0) is 12.7 Å². The minimum absolute atomic E-state index is 0.394. The normalized spacial score (nSPS) is 10.9. The van der Waals surface area contributed by atoms with Gasteiger partial charge in [-0.15, -0.1) is 5.73 Å². The fraction of sp³-hybridized carbons (Fsp3) is 0.0690. The third-order valence-corrected chi connectivity index (χ3v) is 6.01. The number of nitrogens with zero attached hydrogens (tertiary/aromatic N) is 4. The lowest BCUT2D eigenvalue weighted by molar-refractivity contribution is -0.137. The summed E-state index contributed by atoms with van der Waals surface area (Å²) in [5.74, 6) is 0.973. The monoisotopic (exact) mass is 544 g/mol. The van der Waals surface area contributed by atoms with E-state index in [2.05, 4.69) is 34.2 Å². The molecule has 0 saturated heterocycles. The number of pyridine rings is 2. The van der Waals surface area contributed by atoms with E-state index in [0.29, 0.717) is 45.8 Å². The highest BCUT2D eigenvalue weighted by Gasteiger charge is 2.30. The van der Waals surface area contributed by atoms with Gasteiger partial charge in [0, 0.05) is 29.0 Å². The van der Waals surface area contributed by atoms with Crippen LogP contribution in [0.4, 0.5) is 19.0 Å². The van der Waals surface area contributed by atoms with Crippen molar-refractivity contribution in [1.29, 1.82) is 0 Å². The van der Waals surface area contributed by atoms with Crippen molar-refractivity contribution in [2.45, 2.75) is 17.6 Å². The van der Waals surface area contributed by atoms with Gasteiger partial charge in [0.1, 0.15) is 5.82 Å². The van der Waals surface area contributed by atoms with Gasteiger partial charge in [0.15, 0.2) is 5.82 Å². The molecule has 2 aromatic carbocycles. The number of anilines is 1.